The molecule has 1 aromatic rings. The number of ketones is 1. The summed E-state index contributed by atoms with van der Waals surface area (Å²) in [7, 11) is 1.40. The van der Waals surface area contributed by atoms with Crippen LogP contribution in [0.4, 0.5) is 4.39 Å². The number of benzene rings is 1. The van der Waals surface area contributed by atoms with E-state index in [1.165, 1.54) is 19.2 Å². The first-order valence-corrected chi connectivity index (χ1v) is 7.50. The van der Waals surface area contributed by atoms with Crippen LogP contribution in [0.15, 0.2) is 18.2 Å². The van der Waals surface area contributed by atoms with Gasteiger partial charge in [-0.1, -0.05) is 6.07 Å². The van der Waals surface area contributed by atoms with E-state index in [4.69, 9.17) is 4.74 Å². The number of ether oxygens (including phenoxy) is 1. The maximum Gasteiger partial charge on any atom is 0.179 e. The summed E-state index contributed by atoms with van der Waals surface area (Å²) >= 11 is 3.36. The summed E-state index contributed by atoms with van der Waals surface area (Å²) in [5.41, 5.74) is 0.143. The minimum absolute atomic E-state index is 0.126. The molecule has 2 nitrogen and oxygen atoms in total. The molecule has 0 aliphatic carbocycles. The summed E-state index contributed by atoms with van der Waals surface area (Å²) in [6.45, 7) is 0. The lowest BCUT2D eigenvalue weighted by Gasteiger charge is -2.20. The maximum atomic E-state index is 13.9. The van der Waals surface area contributed by atoms with Gasteiger partial charge in [0.2, 0.25) is 0 Å². The van der Waals surface area contributed by atoms with Crippen molar-refractivity contribution in [2.45, 2.75) is 5.25 Å². The van der Waals surface area contributed by atoms with E-state index in [9.17, 15) is 9.18 Å². The fraction of sp³-hybridized carbons (Fsp3) is 0.417. The summed E-state index contributed by atoms with van der Waals surface area (Å²) in [5.74, 6) is 2.24. The largest absolute Gasteiger partial charge is 0.494 e. The first kappa shape index (κ1) is 12.8. The van der Waals surface area contributed by atoms with E-state index >= 15 is 0 Å². The van der Waals surface area contributed by atoms with Crippen LogP contribution in [0.25, 0.3) is 0 Å². The van der Waals surface area contributed by atoms with Gasteiger partial charge in [0.05, 0.1) is 17.9 Å². The zero-order valence-electron chi connectivity index (χ0n) is 9.44. The van der Waals surface area contributed by atoms with Crippen molar-refractivity contribution in [3.8, 4) is 5.75 Å². The third-order valence-corrected chi connectivity index (χ3v) is 5.31. The van der Waals surface area contributed by atoms with Crippen LogP contribution in [0.2, 0.25) is 0 Å². The molecule has 1 fully saturated rings. The standard InChI is InChI=1S/C12H13FO2S2/c1-15-9-4-2-3-8(11(9)13)12(14)10-7-16-5-6-17-10/h2-4,10H,5-7H2,1H3. The monoisotopic (exact) mass is 272 g/mol. The lowest BCUT2D eigenvalue weighted by molar-refractivity contribution is 0.0990. The summed E-state index contributed by atoms with van der Waals surface area (Å²) < 4.78 is 18.8. The fourth-order valence-corrected chi connectivity index (χ4v) is 4.30. The van der Waals surface area contributed by atoms with Crippen LogP contribution in [0, 0.1) is 5.82 Å². The van der Waals surface area contributed by atoms with E-state index in [1.54, 1.807) is 29.6 Å². The molecule has 1 heterocycles. The Morgan fingerprint density at radius 1 is 1.47 bits per heavy atom. The number of rotatable bonds is 3. The van der Waals surface area contributed by atoms with Crippen molar-refractivity contribution in [3.63, 3.8) is 0 Å². The van der Waals surface area contributed by atoms with Crippen LogP contribution < -0.4 is 4.74 Å². The average molecular weight is 272 g/mol. The molecule has 1 aliphatic heterocycles. The van der Waals surface area contributed by atoms with Crippen molar-refractivity contribution in [1.82, 2.24) is 0 Å². The van der Waals surface area contributed by atoms with Crippen molar-refractivity contribution in [2.75, 3.05) is 24.4 Å². The van der Waals surface area contributed by atoms with E-state index < -0.39 is 5.82 Å². The van der Waals surface area contributed by atoms with Gasteiger partial charge in [0.1, 0.15) is 0 Å². The van der Waals surface area contributed by atoms with E-state index in [2.05, 4.69) is 0 Å². The number of carbonyl (C=O) groups excluding carboxylic acids is 1. The van der Waals surface area contributed by atoms with Crippen LogP contribution in [0.1, 0.15) is 10.4 Å². The molecule has 0 radical (unpaired) electrons. The van der Waals surface area contributed by atoms with Gasteiger partial charge in [0, 0.05) is 17.3 Å². The van der Waals surface area contributed by atoms with Gasteiger partial charge in [-0.05, 0) is 12.1 Å². The smallest absolute Gasteiger partial charge is 0.179 e. The Labute approximate surface area is 108 Å². The van der Waals surface area contributed by atoms with Gasteiger partial charge in [0.25, 0.3) is 0 Å². The van der Waals surface area contributed by atoms with Gasteiger partial charge in [-0.2, -0.15) is 11.8 Å². The topological polar surface area (TPSA) is 26.3 Å². The normalized spacial score (nSPS) is 20.0. The second kappa shape index (κ2) is 5.78. The zero-order chi connectivity index (χ0) is 12.3. The highest BCUT2D eigenvalue weighted by molar-refractivity contribution is 8.07. The molecule has 2 rings (SSSR count). The van der Waals surface area contributed by atoms with Gasteiger partial charge in [-0.3, -0.25) is 4.79 Å². The van der Waals surface area contributed by atoms with Gasteiger partial charge in [-0.15, -0.1) is 11.8 Å². The molecule has 1 saturated heterocycles. The molecule has 0 aromatic heterocycles. The number of carbonyl (C=O) groups is 1. The van der Waals surface area contributed by atoms with E-state index in [0.29, 0.717) is 0 Å². The van der Waals surface area contributed by atoms with Crippen LogP contribution in [-0.4, -0.2) is 35.4 Å². The Hall–Kier alpha value is -0.680. The van der Waals surface area contributed by atoms with Crippen LogP contribution in [-0.2, 0) is 0 Å². The first-order valence-electron chi connectivity index (χ1n) is 5.30. The summed E-state index contributed by atoms with van der Waals surface area (Å²) in [4.78, 5) is 12.2. The predicted octanol–water partition coefficient (Wildman–Crippen LogP) is 2.87. The summed E-state index contributed by atoms with van der Waals surface area (Å²) in [5, 5.41) is -0.129. The van der Waals surface area contributed by atoms with E-state index in [1.807, 2.05) is 0 Å². The molecular weight excluding hydrogens is 259 g/mol. The Bertz CT molecular complexity index is 417. The molecule has 0 N–H and O–H groups in total. The molecule has 1 aromatic carbocycles. The van der Waals surface area contributed by atoms with Crippen molar-refractivity contribution >= 4 is 29.3 Å². The van der Waals surface area contributed by atoms with Crippen molar-refractivity contribution in [1.29, 1.82) is 0 Å². The quantitative estimate of drug-likeness (QED) is 0.790. The lowest BCUT2D eigenvalue weighted by atomic mass is 10.1. The second-order valence-corrected chi connectivity index (χ2v) is 6.08. The van der Waals surface area contributed by atoms with Gasteiger partial charge >= 0.3 is 0 Å². The van der Waals surface area contributed by atoms with E-state index in [0.717, 1.165) is 17.3 Å². The second-order valence-electron chi connectivity index (χ2n) is 3.62. The highest BCUT2D eigenvalue weighted by atomic mass is 32.2. The molecule has 0 bridgehead atoms. The minimum atomic E-state index is -0.545. The Morgan fingerprint density at radius 3 is 2.94 bits per heavy atom. The Balaban J connectivity index is 2.23. The number of thioether (sulfide) groups is 2. The van der Waals surface area contributed by atoms with Crippen LogP contribution in [0.3, 0.4) is 0 Å². The summed E-state index contributed by atoms with van der Waals surface area (Å²) in [6.07, 6.45) is 0. The first-order chi connectivity index (χ1) is 8.24. The summed E-state index contributed by atoms with van der Waals surface area (Å²) in [6, 6.07) is 4.70. The fourth-order valence-electron chi connectivity index (χ4n) is 1.67. The molecule has 0 saturated carbocycles. The number of hydrogen-bond acceptors (Lipinski definition) is 4. The molecule has 17 heavy (non-hydrogen) atoms. The van der Waals surface area contributed by atoms with E-state index in [-0.39, 0.29) is 22.3 Å². The SMILES string of the molecule is COc1cccc(C(=O)C2CSCCS2)c1F. The van der Waals surface area contributed by atoms with Gasteiger partial charge in [0.15, 0.2) is 17.3 Å². The minimum Gasteiger partial charge on any atom is -0.494 e. The van der Waals surface area contributed by atoms with Gasteiger partial charge < -0.3 is 4.74 Å². The number of Topliss-reactive ketones (excluding diaryl/α,β-unsaturated/α-hetero) is 1. The number of halogens is 1. The number of hydrogen-bond donors (Lipinski definition) is 0. The lowest BCUT2D eigenvalue weighted by Crippen LogP contribution is -2.25. The highest BCUT2D eigenvalue weighted by Crippen LogP contribution is 2.29. The van der Waals surface area contributed by atoms with Gasteiger partial charge in [-0.25, -0.2) is 4.39 Å². The third kappa shape index (κ3) is 2.77. The maximum absolute atomic E-state index is 13.9. The predicted molar refractivity (Wildman–Crippen MR) is 70.9 cm³/mol. The average Bonchev–Trinajstić information content (AvgIpc) is 2.39. The highest BCUT2D eigenvalue weighted by Gasteiger charge is 2.26. The molecular formula is C12H13FO2S2. The van der Waals surface area contributed by atoms with Crippen LogP contribution >= 0.6 is 23.5 Å². The molecule has 1 unspecified atom stereocenters. The molecule has 92 valence electrons. The van der Waals surface area contributed by atoms with Crippen molar-refractivity contribution in [3.05, 3.63) is 29.6 Å². The third-order valence-electron chi connectivity index (χ3n) is 2.56. The van der Waals surface area contributed by atoms with Crippen LogP contribution in [0.5, 0.6) is 5.75 Å². The van der Waals surface area contributed by atoms with Crippen molar-refractivity contribution < 1.29 is 13.9 Å². The Kier molecular flexibility index (Phi) is 4.34. The number of methoxy groups -OCH3 is 1. The molecule has 0 amide bonds. The molecule has 1 aliphatic rings. The van der Waals surface area contributed by atoms with Crippen molar-refractivity contribution in [2.24, 2.45) is 0 Å². The Morgan fingerprint density at radius 2 is 2.29 bits per heavy atom. The zero-order valence-corrected chi connectivity index (χ0v) is 11.1. The molecule has 5 heteroatoms. The molecule has 0 spiro atoms. The molecule has 1 atom stereocenters.